The maximum Gasteiger partial charge on any atom is 0.253 e. The third kappa shape index (κ3) is 4.48. The highest BCUT2D eigenvalue weighted by Gasteiger charge is 2.24. The molecule has 0 bridgehead atoms. The van der Waals surface area contributed by atoms with E-state index in [4.69, 9.17) is 9.72 Å². The molecule has 2 saturated heterocycles. The van der Waals surface area contributed by atoms with Gasteiger partial charge >= 0.3 is 0 Å². The molecule has 0 unspecified atom stereocenters. The van der Waals surface area contributed by atoms with Gasteiger partial charge in [-0.15, -0.1) is 0 Å². The first-order valence-corrected chi connectivity index (χ1v) is 10.5. The third-order valence-corrected chi connectivity index (χ3v) is 5.64. The molecular formula is C22H30N6O2. The number of aryl methyl sites for hydroxylation is 1. The fourth-order valence-electron chi connectivity index (χ4n) is 3.83. The fraction of sp³-hybridized carbons (Fsp3) is 0.500. The Hall–Kier alpha value is -2.87. The zero-order chi connectivity index (χ0) is 21.1. The van der Waals surface area contributed by atoms with Crippen LogP contribution in [0.3, 0.4) is 0 Å². The number of nitrogens with zero attached hydrogens (tertiary/aromatic N) is 6. The van der Waals surface area contributed by atoms with Gasteiger partial charge in [-0.2, -0.15) is 4.98 Å². The van der Waals surface area contributed by atoms with Gasteiger partial charge in [0, 0.05) is 76.4 Å². The number of aromatic nitrogens is 2. The molecule has 1 amide bonds. The lowest BCUT2D eigenvalue weighted by molar-refractivity contribution is 0.0746. The SMILES string of the molecule is Cc1cc(N2CCOCC2)nc(N2CCN(C(=O)c3ccc(N(C)C)cc3)CC2)n1. The normalized spacial score (nSPS) is 17.2. The number of carbonyl (C=O) groups excluding carboxylic acids is 1. The zero-order valence-electron chi connectivity index (χ0n) is 18.0. The van der Waals surface area contributed by atoms with Crippen molar-refractivity contribution in [3.8, 4) is 0 Å². The van der Waals surface area contributed by atoms with E-state index in [1.165, 1.54) is 0 Å². The van der Waals surface area contributed by atoms with E-state index in [-0.39, 0.29) is 5.91 Å². The van der Waals surface area contributed by atoms with Gasteiger partial charge < -0.3 is 24.3 Å². The molecule has 0 aliphatic carbocycles. The Balaban J connectivity index is 1.40. The van der Waals surface area contributed by atoms with Crippen molar-refractivity contribution in [2.24, 2.45) is 0 Å². The number of piperazine rings is 1. The number of carbonyl (C=O) groups is 1. The Morgan fingerprint density at radius 3 is 2.23 bits per heavy atom. The molecule has 0 radical (unpaired) electrons. The van der Waals surface area contributed by atoms with Crippen LogP contribution in [0.2, 0.25) is 0 Å². The molecule has 2 fully saturated rings. The first-order chi connectivity index (χ1) is 14.5. The second-order valence-corrected chi connectivity index (χ2v) is 7.99. The van der Waals surface area contributed by atoms with Gasteiger partial charge in [0.05, 0.1) is 13.2 Å². The summed E-state index contributed by atoms with van der Waals surface area (Å²) in [7, 11) is 3.99. The standard InChI is InChI=1S/C22H30N6O2/c1-17-16-20(26-12-14-30-15-13-26)24-22(23-17)28-10-8-27(9-11-28)21(29)18-4-6-19(7-5-18)25(2)3/h4-7,16H,8-15H2,1-3H3. The summed E-state index contributed by atoms with van der Waals surface area (Å²) in [5.74, 6) is 1.79. The molecule has 2 aliphatic rings. The number of anilines is 3. The van der Waals surface area contributed by atoms with Crippen LogP contribution >= 0.6 is 0 Å². The quantitative estimate of drug-likeness (QED) is 0.759. The van der Waals surface area contributed by atoms with Crippen LogP contribution < -0.4 is 14.7 Å². The van der Waals surface area contributed by atoms with Crippen molar-refractivity contribution in [3.63, 3.8) is 0 Å². The van der Waals surface area contributed by atoms with Crippen LogP contribution in [0.25, 0.3) is 0 Å². The van der Waals surface area contributed by atoms with Gasteiger partial charge in [0.2, 0.25) is 5.95 Å². The van der Waals surface area contributed by atoms with Gasteiger partial charge in [0.15, 0.2) is 0 Å². The number of morpholine rings is 1. The van der Waals surface area contributed by atoms with Crippen molar-refractivity contribution in [1.82, 2.24) is 14.9 Å². The molecular weight excluding hydrogens is 380 g/mol. The van der Waals surface area contributed by atoms with Gasteiger partial charge in [-0.25, -0.2) is 4.98 Å². The summed E-state index contributed by atoms with van der Waals surface area (Å²) in [5, 5.41) is 0. The number of benzene rings is 1. The molecule has 0 N–H and O–H groups in total. The number of amides is 1. The average Bonchev–Trinajstić information content (AvgIpc) is 2.79. The first-order valence-electron chi connectivity index (χ1n) is 10.5. The van der Waals surface area contributed by atoms with E-state index in [9.17, 15) is 4.79 Å². The Bertz CT molecular complexity index is 872. The first kappa shape index (κ1) is 20.4. The van der Waals surface area contributed by atoms with Crippen LogP contribution in [-0.4, -0.2) is 87.4 Å². The molecule has 160 valence electrons. The van der Waals surface area contributed by atoms with Crippen LogP contribution in [0.1, 0.15) is 16.1 Å². The van der Waals surface area contributed by atoms with Crippen LogP contribution in [0, 0.1) is 6.92 Å². The molecule has 30 heavy (non-hydrogen) atoms. The van der Waals surface area contributed by atoms with E-state index >= 15 is 0 Å². The average molecular weight is 411 g/mol. The lowest BCUT2D eigenvalue weighted by Crippen LogP contribution is -2.49. The summed E-state index contributed by atoms with van der Waals surface area (Å²) >= 11 is 0. The Labute approximate surface area is 178 Å². The maximum atomic E-state index is 12.9. The van der Waals surface area contributed by atoms with Crippen molar-refractivity contribution in [1.29, 1.82) is 0 Å². The summed E-state index contributed by atoms with van der Waals surface area (Å²) in [6.07, 6.45) is 0. The highest BCUT2D eigenvalue weighted by molar-refractivity contribution is 5.94. The minimum absolute atomic E-state index is 0.0825. The van der Waals surface area contributed by atoms with Crippen LogP contribution in [-0.2, 0) is 4.74 Å². The van der Waals surface area contributed by atoms with Crippen LogP contribution in [0.15, 0.2) is 30.3 Å². The van der Waals surface area contributed by atoms with Gasteiger partial charge in [0.1, 0.15) is 5.82 Å². The minimum atomic E-state index is 0.0825. The molecule has 1 aromatic heterocycles. The summed E-state index contributed by atoms with van der Waals surface area (Å²) in [5.41, 5.74) is 2.78. The molecule has 0 spiro atoms. The molecule has 8 heteroatoms. The van der Waals surface area contributed by atoms with Crippen LogP contribution in [0.4, 0.5) is 17.5 Å². The van der Waals surface area contributed by atoms with Crippen molar-refractivity contribution in [2.45, 2.75) is 6.92 Å². The van der Waals surface area contributed by atoms with Crippen molar-refractivity contribution in [3.05, 3.63) is 41.6 Å². The topological polar surface area (TPSA) is 65.0 Å². The lowest BCUT2D eigenvalue weighted by atomic mass is 10.1. The van der Waals surface area contributed by atoms with Crippen molar-refractivity contribution < 1.29 is 9.53 Å². The van der Waals surface area contributed by atoms with E-state index < -0.39 is 0 Å². The second kappa shape index (κ2) is 8.87. The molecule has 1 aromatic carbocycles. The van der Waals surface area contributed by atoms with Crippen molar-refractivity contribution >= 4 is 23.4 Å². The van der Waals surface area contributed by atoms with E-state index in [1.54, 1.807) is 0 Å². The highest BCUT2D eigenvalue weighted by atomic mass is 16.5. The van der Waals surface area contributed by atoms with Crippen molar-refractivity contribution in [2.75, 3.05) is 81.3 Å². The summed E-state index contributed by atoms with van der Waals surface area (Å²) in [6.45, 7) is 7.96. The van der Waals surface area contributed by atoms with E-state index in [0.717, 1.165) is 68.1 Å². The molecule has 8 nitrogen and oxygen atoms in total. The number of ether oxygens (including phenoxy) is 1. The predicted molar refractivity (Wildman–Crippen MR) is 119 cm³/mol. The van der Waals surface area contributed by atoms with Gasteiger partial charge in [0.25, 0.3) is 5.91 Å². The fourth-order valence-corrected chi connectivity index (χ4v) is 3.83. The predicted octanol–water partition coefficient (Wildman–Crippen LogP) is 1.65. The smallest absolute Gasteiger partial charge is 0.253 e. The van der Waals surface area contributed by atoms with E-state index in [2.05, 4.69) is 14.8 Å². The minimum Gasteiger partial charge on any atom is -0.378 e. The summed E-state index contributed by atoms with van der Waals surface area (Å²) < 4.78 is 5.45. The maximum absolute atomic E-state index is 12.9. The zero-order valence-corrected chi connectivity index (χ0v) is 18.0. The molecule has 2 aromatic rings. The number of hydrogen-bond donors (Lipinski definition) is 0. The monoisotopic (exact) mass is 410 g/mol. The highest BCUT2D eigenvalue weighted by Crippen LogP contribution is 2.20. The molecule has 2 aliphatic heterocycles. The number of hydrogen-bond acceptors (Lipinski definition) is 7. The third-order valence-electron chi connectivity index (χ3n) is 5.64. The van der Waals surface area contributed by atoms with E-state index in [0.29, 0.717) is 13.1 Å². The molecule has 4 rings (SSSR count). The molecule has 3 heterocycles. The van der Waals surface area contributed by atoms with Gasteiger partial charge in [-0.3, -0.25) is 4.79 Å². The lowest BCUT2D eigenvalue weighted by Gasteiger charge is -2.35. The Morgan fingerprint density at radius 1 is 0.933 bits per heavy atom. The molecule has 0 saturated carbocycles. The van der Waals surface area contributed by atoms with E-state index in [1.807, 2.05) is 61.2 Å². The Morgan fingerprint density at radius 2 is 1.60 bits per heavy atom. The number of rotatable bonds is 4. The van der Waals surface area contributed by atoms with Crippen LogP contribution in [0.5, 0.6) is 0 Å². The van der Waals surface area contributed by atoms with Gasteiger partial charge in [-0.1, -0.05) is 0 Å². The second-order valence-electron chi connectivity index (χ2n) is 7.99. The summed E-state index contributed by atoms with van der Waals surface area (Å²) in [6, 6.07) is 9.81. The molecule has 0 atom stereocenters. The Kier molecular flexibility index (Phi) is 6.03. The summed E-state index contributed by atoms with van der Waals surface area (Å²) in [4.78, 5) is 30.7. The van der Waals surface area contributed by atoms with Gasteiger partial charge in [-0.05, 0) is 31.2 Å². The largest absolute Gasteiger partial charge is 0.378 e.